The van der Waals surface area contributed by atoms with E-state index in [-0.39, 0.29) is 11.0 Å². The molecule has 0 heterocycles. The number of methoxy groups -OCH3 is 2. The predicted molar refractivity (Wildman–Crippen MR) is 107 cm³/mol. The van der Waals surface area contributed by atoms with E-state index in [1.165, 1.54) is 7.11 Å². The molecule has 0 aromatic heterocycles. The number of hydrogen-bond acceptors (Lipinski definition) is 5. The van der Waals surface area contributed by atoms with Crippen LogP contribution in [0.5, 0.6) is 5.75 Å². The van der Waals surface area contributed by atoms with Crippen LogP contribution in [0, 0.1) is 0 Å². The van der Waals surface area contributed by atoms with Crippen molar-refractivity contribution in [2.45, 2.75) is 0 Å². The van der Waals surface area contributed by atoms with Crippen LogP contribution in [-0.2, 0) is 4.74 Å². The number of carbonyl (C=O) groups is 2. The number of hydrogen-bond donors (Lipinski definition) is 3. The number of nitrogens with one attached hydrogen (secondary N) is 3. The van der Waals surface area contributed by atoms with Gasteiger partial charge < -0.3 is 20.1 Å². The number of anilines is 1. The molecule has 0 fully saturated rings. The minimum absolute atomic E-state index is 0.114. The molecule has 0 spiro atoms. The average Bonchev–Trinajstić information content (AvgIpc) is 2.68. The van der Waals surface area contributed by atoms with E-state index in [0.29, 0.717) is 35.7 Å². The molecule has 27 heavy (non-hydrogen) atoms. The molecule has 7 nitrogen and oxygen atoms in total. The van der Waals surface area contributed by atoms with Gasteiger partial charge in [0.1, 0.15) is 5.75 Å². The van der Waals surface area contributed by atoms with Gasteiger partial charge in [-0.05, 0) is 42.5 Å². The Balaban J connectivity index is 1.98. The molecule has 142 valence electrons. The molecule has 2 amide bonds. The summed E-state index contributed by atoms with van der Waals surface area (Å²) in [5.41, 5.74) is 1.42. The Morgan fingerprint density at radius 2 is 1.81 bits per heavy atom. The topological polar surface area (TPSA) is 88.7 Å². The van der Waals surface area contributed by atoms with E-state index in [0.717, 1.165) is 0 Å². The van der Waals surface area contributed by atoms with Crippen LogP contribution in [0.3, 0.4) is 0 Å². The normalized spacial score (nSPS) is 10.0. The Morgan fingerprint density at radius 1 is 1.04 bits per heavy atom. The van der Waals surface area contributed by atoms with Gasteiger partial charge in [-0.3, -0.25) is 14.9 Å². The molecule has 0 atom stereocenters. The van der Waals surface area contributed by atoms with E-state index in [9.17, 15) is 9.59 Å². The van der Waals surface area contributed by atoms with E-state index in [1.807, 2.05) is 0 Å². The first-order valence-electron chi connectivity index (χ1n) is 8.17. The Bertz CT molecular complexity index is 826. The second-order valence-corrected chi connectivity index (χ2v) is 5.85. The number of benzene rings is 2. The molecule has 8 heteroatoms. The lowest BCUT2D eigenvalue weighted by atomic mass is 10.2. The van der Waals surface area contributed by atoms with E-state index >= 15 is 0 Å². The molecule has 0 aliphatic rings. The quantitative estimate of drug-likeness (QED) is 0.499. The Kier molecular flexibility index (Phi) is 7.72. The van der Waals surface area contributed by atoms with E-state index < -0.39 is 5.91 Å². The maximum atomic E-state index is 12.4. The molecule has 3 N–H and O–H groups in total. The first-order valence-corrected chi connectivity index (χ1v) is 8.58. The first-order chi connectivity index (χ1) is 13.0. The van der Waals surface area contributed by atoms with Gasteiger partial charge in [-0.15, -0.1) is 0 Å². The van der Waals surface area contributed by atoms with Gasteiger partial charge >= 0.3 is 0 Å². The highest BCUT2D eigenvalue weighted by atomic mass is 32.1. The number of para-hydroxylation sites is 1. The van der Waals surface area contributed by atoms with Crippen LogP contribution >= 0.6 is 12.2 Å². The molecule has 2 aromatic carbocycles. The molecule has 0 bridgehead atoms. The van der Waals surface area contributed by atoms with Crippen LogP contribution in [0.4, 0.5) is 5.69 Å². The third kappa shape index (κ3) is 6.05. The largest absolute Gasteiger partial charge is 0.496 e. The van der Waals surface area contributed by atoms with Crippen molar-refractivity contribution >= 4 is 34.8 Å². The first kappa shape index (κ1) is 20.3. The third-order valence-electron chi connectivity index (χ3n) is 3.55. The highest BCUT2D eigenvalue weighted by molar-refractivity contribution is 7.80. The number of ether oxygens (including phenoxy) is 2. The lowest BCUT2D eigenvalue weighted by Gasteiger charge is -2.12. The monoisotopic (exact) mass is 387 g/mol. The minimum Gasteiger partial charge on any atom is -0.496 e. The van der Waals surface area contributed by atoms with Crippen molar-refractivity contribution < 1.29 is 19.1 Å². The van der Waals surface area contributed by atoms with Gasteiger partial charge in [-0.2, -0.15) is 0 Å². The van der Waals surface area contributed by atoms with Crippen molar-refractivity contribution in [2.75, 3.05) is 32.7 Å². The lowest BCUT2D eigenvalue weighted by molar-refractivity contribution is 0.0935. The summed E-state index contributed by atoms with van der Waals surface area (Å²) in [7, 11) is 3.06. The van der Waals surface area contributed by atoms with Gasteiger partial charge in [0.25, 0.3) is 11.8 Å². The minimum atomic E-state index is -0.390. The summed E-state index contributed by atoms with van der Waals surface area (Å²) in [6, 6.07) is 13.6. The zero-order valence-corrected chi connectivity index (χ0v) is 15.9. The fourth-order valence-electron chi connectivity index (χ4n) is 2.27. The number of amides is 2. The van der Waals surface area contributed by atoms with E-state index in [4.69, 9.17) is 21.7 Å². The Morgan fingerprint density at radius 3 is 2.56 bits per heavy atom. The Hall–Kier alpha value is -2.97. The molecule has 2 rings (SSSR count). The van der Waals surface area contributed by atoms with Gasteiger partial charge in [0, 0.05) is 24.9 Å². The maximum absolute atomic E-state index is 12.4. The number of carbonyl (C=O) groups excluding carboxylic acids is 2. The van der Waals surface area contributed by atoms with Gasteiger partial charge in [0.2, 0.25) is 0 Å². The maximum Gasteiger partial charge on any atom is 0.261 e. The zero-order chi connectivity index (χ0) is 19.6. The molecule has 0 aliphatic carbocycles. The summed E-state index contributed by atoms with van der Waals surface area (Å²) in [6.07, 6.45) is 0. The van der Waals surface area contributed by atoms with Gasteiger partial charge in [0.05, 0.1) is 19.3 Å². The molecule has 0 unspecified atom stereocenters. The van der Waals surface area contributed by atoms with Crippen LogP contribution in [-0.4, -0.2) is 44.3 Å². The molecule has 0 aliphatic heterocycles. The average molecular weight is 387 g/mol. The molecule has 0 saturated carbocycles. The van der Waals surface area contributed by atoms with Crippen molar-refractivity contribution in [3.63, 3.8) is 0 Å². The molecule has 2 aromatic rings. The highest BCUT2D eigenvalue weighted by Gasteiger charge is 2.13. The predicted octanol–water partition coefficient (Wildman–Crippen LogP) is 2.20. The van der Waals surface area contributed by atoms with Crippen LogP contribution in [0.1, 0.15) is 20.7 Å². The summed E-state index contributed by atoms with van der Waals surface area (Å²) in [5.74, 6) is -0.161. The van der Waals surface area contributed by atoms with Crippen molar-refractivity contribution in [3.05, 3.63) is 59.7 Å². The molecular weight excluding hydrogens is 366 g/mol. The fourth-order valence-corrected chi connectivity index (χ4v) is 2.48. The van der Waals surface area contributed by atoms with Crippen molar-refractivity contribution in [1.29, 1.82) is 0 Å². The van der Waals surface area contributed by atoms with Gasteiger partial charge in [0.15, 0.2) is 5.11 Å². The van der Waals surface area contributed by atoms with Crippen LogP contribution in [0.25, 0.3) is 0 Å². The standard InChI is InChI=1S/C19H21N3O4S/c1-25-11-10-20-17(23)13-6-5-7-14(12-13)21-19(27)22-18(24)15-8-3-4-9-16(15)26-2/h3-9,12H,10-11H2,1-2H3,(H,20,23)(H2,21,22,24,27). The summed E-state index contributed by atoms with van der Waals surface area (Å²) < 4.78 is 10.1. The molecular formula is C19H21N3O4S. The van der Waals surface area contributed by atoms with Crippen LogP contribution < -0.4 is 20.7 Å². The Labute approximate surface area is 163 Å². The summed E-state index contributed by atoms with van der Waals surface area (Å²) in [5, 5.41) is 8.34. The number of rotatable bonds is 7. The SMILES string of the molecule is COCCNC(=O)c1cccc(NC(=S)NC(=O)c2ccccc2OC)c1. The summed E-state index contributed by atoms with van der Waals surface area (Å²) >= 11 is 5.19. The lowest BCUT2D eigenvalue weighted by Crippen LogP contribution is -2.34. The second kappa shape index (κ2) is 10.2. The van der Waals surface area contributed by atoms with Crippen LogP contribution in [0.2, 0.25) is 0 Å². The summed E-state index contributed by atoms with van der Waals surface area (Å²) in [6.45, 7) is 0.850. The van der Waals surface area contributed by atoms with Gasteiger partial charge in [-0.1, -0.05) is 18.2 Å². The summed E-state index contributed by atoms with van der Waals surface area (Å²) in [4.78, 5) is 24.4. The second-order valence-electron chi connectivity index (χ2n) is 5.44. The smallest absolute Gasteiger partial charge is 0.261 e. The van der Waals surface area contributed by atoms with E-state index in [2.05, 4.69) is 16.0 Å². The molecule has 0 saturated heterocycles. The van der Waals surface area contributed by atoms with Crippen molar-refractivity contribution in [1.82, 2.24) is 10.6 Å². The fraction of sp³-hybridized carbons (Fsp3) is 0.211. The molecule has 0 radical (unpaired) electrons. The van der Waals surface area contributed by atoms with Gasteiger partial charge in [-0.25, -0.2) is 0 Å². The highest BCUT2D eigenvalue weighted by Crippen LogP contribution is 2.17. The van der Waals surface area contributed by atoms with Crippen molar-refractivity contribution in [2.24, 2.45) is 0 Å². The van der Waals surface area contributed by atoms with Crippen molar-refractivity contribution in [3.8, 4) is 5.75 Å². The van der Waals surface area contributed by atoms with E-state index in [1.54, 1.807) is 55.6 Å². The third-order valence-corrected chi connectivity index (χ3v) is 3.76. The zero-order valence-electron chi connectivity index (χ0n) is 15.1. The van der Waals surface area contributed by atoms with Crippen LogP contribution in [0.15, 0.2) is 48.5 Å². The number of thiocarbonyl (C=S) groups is 1.